The van der Waals surface area contributed by atoms with Crippen LogP contribution in [0.5, 0.6) is 0 Å². The summed E-state index contributed by atoms with van der Waals surface area (Å²) in [6.07, 6.45) is -5.13. The van der Waals surface area contributed by atoms with Crippen molar-refractivity contribution in [3.05, 3.63) is 60.7 Å². The molecule has 1 aromatic carbocycles. The van der Waals surface area contributed by atoms with Gasteiger partial charge in [-0.15, -0.1) is 0 Å². The van der Waals surface area contributed by atoms with Crippen molar-refractivity contribution in [3.8, 4) is 0 Å². The number of nitrogens with two attached hydrogens (primary N) is 2. The quantitative estimate of drug-likeness (QED) is 0.0193. The number of hydrogen-bond acceptors (Lipinski definition) is 34. The van der Waals surface area contributed by atoms with Gasteiger partial charge in [-0.2, -0.15) is 8.62 Å². The molecular weight excluding hydrogens is 1690 g/mol. The van der Waals surface area contributed by atoms with Gasteiger partial charge in [-0.1, -0.05) is 64.8 Å². The number of benzene rings is 1. The monoisotopic (exact) mass is 1790 g/mol. The van der Waals surface area contributed by atoms with Crippen LogP contribution in [0.25, 0.3) is 22.3 Å². The standard InChI is InChI=1S/C64H98N14O34P6/c1-61(2,31-105-117(99,100)111-115(95,96)103-29-39-49(109-113(89,90)91)47(83)59(107-39)77-35-75-45-53(65)71-33-73-55(45)77)51(85)57(87)69-26-16-43(81)67-24-14-41(79)63(20-21-63)18-7-5-10-37-12-9-13-38(28-37)11-6-8-19-64(22-23-64)42(80)15-25-68-44(82)17-27-70-58(88)52(86)62(3,4)32-106-118(101,102)112-116(97,98)104-30-40-50(110-114(92,93)94)48(84)60(108-40)78-36-76-46-54(66)72-34-74-56(46)78/h9,12-13,28,33-36,39-40,47-52,59-60,83-86H,5-8,10-11,14-27,29-32H2,1-4H3,(H,67,81)(H,68,82)(H,69,87)(H,70,88)(H,95,96)(H,97,98)(H,99,100)(H,101,102)(H2,65,71,73)(H2,66,72,74)(H2,89,90,91)(H2,92,93,94). The van der Waals surface area contributed by atoms with Crippen LogP contribution in [0.1, 0.15) is 141 Å². The van der Waals surface area contributed by atoms with Crippen molar-refractivity contribution in [2.45, 2.75) is 192 Å². The SMILES string of the molecule is CC(C)(COP(=O)(O)OP(=O)(O)OCC1OC(n2cnc3c(N)ncnc32)C(O)C1OP(=O)(O)O)C(O)C(=O)NCCC(=O)NCCC(=O)C1(CCCCc2cccc(CCCCC3(C(=O)CCNC(=O)CCNC(=O)C(O)C(C)(C)COP(=O)(O)OP(=O)(O)OCC4OC(n5cnc6c(N)ncnc65)C(O)C4OP(=O)(O)O)CC3)c2)CC1. The molecule has 2 aliphatic carbocycles. The Hall–Kier alpha value is -6.36. The number of rotatable bonds is 50. The summed E-state index contributed by atoms with van der Waals surface area (Å²) >= 11 is 0. The smallest absolute Gasteiger partial charge is 0.386 e. The van der Waals surface area contributed by atoms with Crippen LogP contribution in [0.2, 0.25) is 0 Å². The molecule has 0 bridgehead atoms. The Bertz CT molecular complexity index is 4430. The largest absolute Gasteiger partial charge is 0.481 e. The molecule has 2 saturated heterocycles. The van der Waals surface area contributed by atoms with Crippen molar-refractivity contribution in [3.63, 3.8) is 0 Å². The van der Waals surface area contributed by atoms with E-state index in [2.05, 4.69) is 87.0 Å². The molecule has 14 unspecified atom stereocenters. The number of phosphoric ester groups is 6. The molecule has 14 atom stereocenters. The van der Waals surface area contributed by atoms with Crippen molar-refractivity contribution in [1.82, 2.24) is 60.3 Å². The number of ether oxygens (including phenoxy) is 2. The van der Waals surface area contributed by atoms with Gasteiger partial charge >= 0.3 is 46.9 Å². The average molecular weight is 1790 g/mol. The second-order valence-electron chi connectivity index (χ2n) is 30.3. The normalized spacial score (nSPS) is 23.1. The summed E-state index contributed by atoms with van der Waals surface area (Å²) in [5.74, 6) is -3.13. The van der Waals surface area contributed by atoms with Crippen molar-refractivity contribution < 1.29 is 161 Å². The van der Waals surface area contributed by atoms with Gasteiger partial charge in [0.05, 0.1) is 39.1 Å². The molecule has 4 fully saturated rings. The number of imidazole rings is 2. The fourth-order valence-corrected chi connectivity index (χ4v) is 18.9. The summed E-state index contributed by atoms with van der Waals surface area (Å²) in [6.45, 7) is 0.275. The van der Waals surface area contributed by atoms with E-state index in [-0.39, 0.29) is 97.4 Å². The molecule has 4 amide bonds. The zero-order valence-electron chi connectivity index (χ0n) is 64.1. The van der Waals surface area contributed by atoms with Crippen LogP contribution in [-0.2, 0) is 114 Å². The summed E-state index contributed by atoms with van der Waals surface area (Å²) in [7, 11) is -33.2. The lowest BCUT2D eigenvalue weighted by Crippen LogP contribution is -2.46. The number of carbonyl (C=O) groups excluding carboxylic acids is 6. The Labute approximate surface area is 672 Å². The molecule has 2 saturated carbocycles. The van der Waals surface area contributed by atoms with Crippen molar-refractivity contribution in [1.29, 1.82) is 0 Å². The van der Waals surface area contributed by atoms with Gasteiger partial charge in [0.25, 0.3) is 0 Å². The van der Waals surface area contributed by atoms with Crippen LogP contribution < -0.4 is 32.7 Å². The number of nitrogen functional groups attached to an aromatic ring is 2. The first-order chi connectivity index (χ1) is 55.0. The van der Waals surface area contributed by atoms with E-state index in [1.807, 2.05) is 6.07 Å². The lowest BCUT2D eigenvalue weighted by molar-refractivity contribution is -0.137. The zero-order chi connectivity index (χ0) is 86.8. The predicted molar refractivity (Wildman–Crippen MR) is 403 cm³/mol. The molecule has 9 rings (SSSR count). The third-order valence-corrected chi connectivity index (χ3v) is 26.3. The maximum Gasteiger partial charge on any atom is 0.481 e. The highest BCUT2D eigenvalue weighted by atomic mass is 31.3. The second kappa shape index (κ2) is 39.4. The number of aliphatic hydroxyl groups excluding tert-OH is 4. The first-order valence-corrected chi connectivity index (χ1v) is 46.0. The molecular formula is C64H98N14O34P6. The number of nitrogens with one attached hydrogen (secondary N) is 4. The molecule has 6 heterocycles. The van der Waals surface area contributed by atoms with Gasteiger partial charge in [0, 0.05) is 73.5 Å². The third-order valence-electron chi connectivity index (χ3n) is 20.1. The topological polar surface area (TPSA) is 727 Å². The number of nitrogens with zero attached hydrogens (tertiary/aromatic N) is 8. The minimum absolute atomic E-state index is 0.00513. The number of ketones is 2. The fraction of sp³-hybridized carbons (Fsp3) is 0.656. The van der Waals surface area contributed by atoms with E-state index in [1.54, 1.807) is 0 Å². The maximum absolute atomic E-state index is 13.4. The molecule has 20 N–H and O–H groups in total. The second-order valence-corrected chi connectivity index (χ2v) is 38.8. The molecule has 0 radical (unpaired) electrons. The van der Waals surface area contributed by atoms with Crippen LogP contribution in [0.15, 0.2) is 49.6 Å². The van der Waals surface area contributed by atoms with Crippen molar-refractivity contribution in [2.75, 3.05) is 64.1 Å². The highest BCUT2D eigenvalue weighted by Crippen LogP contribution is 2.63. The Morgan fingerprint density at radius 1 is 0.525 bits per heavy atom. The van der Waals surface area contributed by atoms with Gasteiger partial charge in [0.1, 0.15) is 84.1 Å². The number of anilines is 2. The number of amides is 4. The maximum atomic E-state index is 13.4. The van der Waals surface area contributed by atoms with Crippen LogP contribution >= 0.6 is 46.9 Å². The third kappa shape index (κ3) is 26.8. The van der Waals surface area contributed by atoms with E-state index < -0.39 is 180 Å². The van der Waals surface area contributed by atoms with E-state index in [0.717, 1.165) is 110 Å². The lowest BCUT2D eigenvalue weighted by atomic mass is 9.87. The van der Waals surface area contributed by atoms with Crippen molar-refractivity contribution in [2.24, 2.45) is 21.7 Å². The van der Waals surface area contributed by atoms with Crippen LogP contribution in [-0.4, -0.2) is 235 Å². The summed E-state index contributed by atoms with van der Waals surface area (Å²) in [5, 5.41) is 53.7. The number of fused-ring (bicyclic) bond motifs is 2. The molecule has 54 heteroatoms. The summed E-state index contributed by atoms with van der Waals surface area (Å²) in [4.78, 5) is 181. The number of Topliss-reactive ketones (excluding diaryl/α,β-unsaturated/α-hetero) is 2. The fourth-order valence-electron chi connectivity index (χ4n) is 13.2. The summed E-state index contributed by atoms with van der Waals surface area (Å²) < 4.78 is 126. The molecule has 118 heavy (non-hydrogen) atoms. The van der Waals surface area contributed by atoms with E-state index in [4.69, 9.17) is 39.0 Å². The number of phosphoric acid groups is 6. The molecule has 2 aliphatic heterocycles. The van der Waals surface area contributed by atoms with Gasteiger partial charge in [0.15, 0.2) is 35.4 Å². The molecule has 48 nitrogen and oxygen atoms in total. The van der Waals surface area contributed by atoms with Gasteiger partial charge in [0.2, 0.25) is 23.6 Å². The molecule has 4 aromatic heterocycles. The zero-order valence-corrected chi connectivity index (χ0v) is 69.5. The van der Waals surface area contributed by atoms with Crippen LogP contribution in [0, 0.1) is 21.7 Å². The molecule has 5 aromatic rings. The summed E-state index contributed by atoms with van der Waals surface area (Å²) in [5.41, 5.74) is 9.75. The number of aryl methyl sites for hydroxylation is 2. The molecule has 0 spiro atoms. The summed E-state index contributed by atoms with van der Waals surface area (Å²) in [6, 6.07) is 8.26. The Balaban J connectivity index is 0.586. The highest BCUT2D eigenvalue weighted by molar-refractivity contribution is 7.61. The number of aliphatic hydroxyl groups is 4. The first-order valence-electron chi connectivity index (χ1n) is 37.0. The van der Waals surface area contributed by atoms with Crippen molar-refractivity contribution >= 4 is 116 Å². The minimum Gasteiger partial charge on any atom is -0.386 e. The van der Waals surface area contributed by atoms with E-state index >= 15 is 0 Å². The van der Waals surface area contributed by atoms with E-state index in [0.29, 0.717) is 12.8 Å². The van der Waals surface area contributed by atoms with E-state index in [9.17, 15) is 116 Å². The minimum atomic E-state index is -5.64. The van der Waals surface area contributed by atoms with Gasteiger partial charge in [-0.25, -0.2) is 57.3 Å². The Morgan fingerprint density at radius 2 is 0.881 bits per heavy atom. The average Bonchev–Trinajstić information content (AvgIpc) is 1.63. The van der Waals surface area contributed by atoms with Crippen LogP contribution in [0.3, 0.4) is 0 Å². The van der Waals surface area contributed by atoms with Gasteiger partial charge in [-0.05, 0) is 75.3 Å². The number of carbonyl (C=O) groups is 6. The lowest BCUT2D eigenvalue weighted by Gasteiger charge is -2.30. The predicted octanol–water partition coefficient (Wildman–Crippen LogP) is 1.43. The Kier molecular flexibility index (Phi) is 31.9. The van der Waals surface area contributed by atoms with Crippen LogP contribution in [0.4, 0.5) is 11.6 Å². The number of hydrogen-bond donors (Lipinski definition) is 18. The molecule has 658 valence electrons. The Morgan fingerprint density at radius 3 is 1.24 bits per heavy atom. The van der Waals surface area contributed by atoms with Gasteiger partial charge < -0.3 is 102 Å². The van der Waals surface area contributed by atoms with E-state index in [1.165, 1.54) is 27.7 Å². The highest BCUT2D eigenvalue weighted by Gasteiger charge is 2.54. The number of unbranched alkanes of at least 4 members (excludes halogenated alkanes) is 2. The number of aromatic nitrogens is 8. The molecule has 4 aliphatic rings. The van der Waals surface area contributed by atoms with Gasteiger partial charge in [-0.3, -0.25) is 65.0 Å². The first kappa shape index (κ1) is 95.5.